The van der Waals surface area contributed by atoms with Gasteiger partial charge in [0.15, 0.2) is 0 Å². The van der Waals surface area contributed by atoms with E-state index in [0.717, 1.165) is 18.2 Å². The lowest BCUT2D eigenvalue weighted by Gasteiger charge is -2.23. The molecule has 2 atom stereocenters. The number of pyridine rings is 1. The number of nitrogens with one attached hydrogen (secondary N) is 1. The first-order valence-electron chi connectivity index (χ1n) is 6.15. The lowest BCUT2D eigenvalue weighted by molar-refractivity contribution is 0.491. The molecule has 2 unspecified atom stereocenters. The van der Waals surface area contributed by atoms with Gasteiger partial charge in [0.25, 0.3) is 0 Å². The molecule has 0 radical (unpaired) electrons. The van der Waals surface area contributed by atoms with E-state index in [1.54, 1.807) is 0 Å². The number of hydrogen-bond donors (Lipinski definition) is 1. The van der Waals surface area contributed by atoms with Crippen molar-refractivity contribution in [2.45, 2.75) is 37.5 Å². The van der Waals surface area contributed by atoms with Crippen LogP contribution in [0.3, 0.4) is 0 Å². The van der Waals surface area contributed by atoms with Crippen LogP contribution in [0, 0.1) is 0 Å². The third kappa shape index (κ3) is 3.22. The third-order valence-electron chi connectivity index (χ3n) is 3.04. The Labute approximate surface area is 102 Å². The molecule has 0 spiro atoms. The van der Waals surface area contributed by atoms with Gasteiger partial charge in [-0.15, -0.1) is 0 Å². The first kappa shape index (κ1) is 11.9. The van der Waals surface area contributed by atoms with Gasteiger partial charge in [0.1, 0.15) is 0 Å². The minimum Gasteiger partial charge on any atom is -0.313 e. The lowest BCUT2D eigenvalue weighted by Crippen LogP contribution is -2.39. The second-order valence-electron chi connectivity index (χ2n) is 4.24. The number of hydrogen-bond acceptors (Lipinski definition) is 3. The molecule has 3 heteroatoms. The minimum absolute atomic E-state index is 0.590. The van der Waals surface area contributed by atoms with Crippen LogP contribution in [0.15, 0.2) is 24.4 Å². The predicted octanol–water partition coefficient (Wildman–Crippen LogP) is 2.50. The molecule has 1 fully saturated rings. The van der Waals surface area contributed by atoms with Crippen LogP contribution in [0.2, 0.25) is 0 Å². The number of thioether (sulfide) groups is 1. The van der Waals surface area contributed by atoms with Crippen molar-refractivity contribution in [1.29, 1.82) is 0 Å². The Morgan fingerprint density at radius 2 is 2.50 bits per heavy atom. The van der Waals surface area contributed by atoms with Crippen molar-refractivity contribution >= 4 is 11.8 Å². The van der Waals surface area contributed by atoms with Gasteiger partial charge < -0.3 is 5.32 Å². The van der Waals surface area contributed by atoms with Crippen LogP contribution >= 0.6 is 11.8 Å². The quantitative estimate of drug-likeness (QED) is 0.850. The second-order valence-corrected chi connectivity index (χ2v) is 5.59. The highest BCUT2D eigenvalue weighted by molar-refractivity contribution is 8.00. The second kappa shape index (κ2) is 6.26. The molecule has 1 aliphatic rings. The molecular formula is C13H20N2S. The molecule has 1 aliphatic heterocycles. The lowest BCUT2D eigenvalue weighted by atomic mass is 10.0. The average molecular weight is 236 g/mol. The molecule has 2 nitrogen and oxygen atoms in total. The fourth-order valence-corrected chi connectivity index (χ4v) is 3.66. The van der Waals surface area contributed by atoms with Gasteiger partial charge in [-0.05, 0) is 37.3 Å². The van der Waals surface area contributed by atoms with E-state index in [2.05, 4.69) is 41.1 Å². The standard InChI is InChI=1S/C13H20N2S/c1-2-14-12(13-7-5-9-16-13)10-11-6-3-4-8-15-11/h3-4,6,8,12-14H,2,5,7,9-10H2,1H3. The molecule has 2 heterocycles. The van der Waals surface area contributed by atoms with Gasteiger partial charge in [-0.1, -0.05) is 13.0 Å². The molecule has 16 heavy (non-hydrogen) atoms. The minimum atomic E-state index is 0.590. The Balaban J connectivity index is 1.96. The summed E-state index contributed by atoms with van der Waals surface area (Å²) < 4.78 is 0. The summed E-state index contributed by atoms with van der Waals surface area (Å²) in [6.45, 7) is 3.24. The summed E-state index contributed by atoms with van der Waals surface area (Å²) in [5.41, 5.74) is 1.21. The molecule has 1 aromatic rings. The van der Waals surface area contributed by atoms with Crippen LogP contribution in [0.5, 0.6) is 0 Å². The average Bonchev–Trinajstić information content (AvgIpc) is 2.83. The SMILES string of the molecule is CCNC(Cc1ccccn1)C1CCCS1. The third-order valence-corrected chi connectivity index (χ3v) is 4.55. The Morgan fingerprint density at radius 1 is 1.56 bits per heavy atom. The molecule has 0 bridgehead atoms. The topological polar surface area (TPSA) is 24.9 Å². The van der Waals surface area contributed by atoms with Crippen LogP contribution in [-0.4, -0.2) is 28.6 Å². The van der Waals surface area contributed by atoms with Crippen LogP contribution < -0.4 is 5.32 Å². The van der Waals surface area contributed by atoms with Crippen LogP contribution in [0.1, 0.15) is 25.5 Å². The van der Waals surface area contributed by atoms with E-state index in [4.69, 9.17) is 0 Å². The van der Waals surface area contributed by atoms with Crippen molar-refractivity contribution in [3.63, 3.8) is 0 Å². The van der Waals surface area contributed by atoms with Gasteiger partial charge in [-0.2, -0.15) is 11.8 Å². The molecule has 0 aromatic carbocycles. The van der Waals surface area contributed by atoms with E-state index < -0.39 is 0 Å². The largest absolute Gasteiger partial charge is 0.313 e. The highest BCUT2D eigenvalue weighted by Gasteiger charge is 2.25. The van der Waals surface area contributed by atoms with E-state index in [1.807, 2.05) is 12.3 Å². The molecule has 0 aliphatic carbocycles. The number of rotatable bonds is 5. The van der Waals surface area contributed by atoms with E-state index >= 15 is 0 Å². The molecular weight excluding hydrogens is 216 g/mol. The number of aromatic nitrogens is 1. The van der Waals surface area contributed by atoms with Crippen LogP contribution in [0.25, 0.3) is 0 Å². The first-order valence-corrected chi connectivity index (χ1v) is 7.20. The molecule has 1 N–H and O–H groups in total. The molecule has 0 amide bonds. The zero-order chi connectivity index (χ0) is 11.2. The highest BCUT2D eigenvalue weighted by Crippen LogP contribution is 2.29. The Bertz CT molecular complexity index is 296. The summed E-state index contributed by atoms with van der Waals surface area (Å²) in [5, 5.41) is 4.39. The Hall–Kier alpha value is -0.540. The normalized spacial score (nSPS) is 22.2. The summed E-state index contributed by atoms with van der Waals surface area (Å²) in [6, 6.07) is 6.78. The first-order chi connectivity index (χ1) is 7.90. The monoisotopic (exact) mass is 236 g/mol. The van der Waals surface area contributed by atoms with Crippen molar-refractivity contribution in [3.05, 3.63) is 30.1 Å². The molecule has 0 saturated carbocycles. The maximum atomic E-state index is 4.42. The van der Waals surface area contributed by atoms with Crippen molar-refractivity contribution in [2.24, 2.45) is 0 Å². The number of likely N-dealkylation sites (N-methyl/N-ethyl adjacent to an activating group) is 1. The maximum absolute atomic E-state index is 4.42. The van der Waals surface area contributed by atoms with E-state index in [9.17, 15) is 0 Å². The summed E-state index contributed by atoms with van der Waals surface area (Å²) in [6.07, 6.45) is 5.68. The van der Waals surface area contributed by atoms with E-state index in [-0.39, 0.29) is 0 Å². The Morgan fingerprint density at radius 3 is 3.12 bits per heavy atom. The molecule has 1 saturated heterocycles. The fourth-order valence-electron chi connectivity index (χ4n) is 2.26. The molecule has 1 aromatic heterocycles. The van der Waals surface area contributed by atoms with Crippen molar-refractivity contribution in [3.8, 4) is 0 Å². The van der Waals surface area contributed by atoms with Gasteiger partial charge >= 0.3 is 0 Å². The zero-order valence-corrected chi connectivity index (χ0v) is 10.7. The number of nitrogens with zero attached hydrogens (tertiary/aromatic N) is 1. The van der Waals surface area contributed by atoms with Gasteiger partial charge in [0.2, 0.25) is 0 Å². The smallest absolute Gasteiger partial charge is 0.0419 e. The molecule has 88 valence electrons. The molecule has 2 rings (SSSR count). The predicted molar refractivity (Wildman–Crippen MR) is 70.9 cm³/mol. The highest BCUT2D eigenvalue weighted by atomic mass is 32.2. The van der Waals surface area contributed by atoms with Crippen molar-refractivity contribution in [1.82, 2.24) is 10.3 Å². The summed E-state index contributed by atoms with van der Waals surface area (Å²) in [7, 11) is 0. The van der Waals surface area contributed by atoms with E-state index in [1.165, 1.54) is 24.3 Å². The van der Waals surface area contributed by atoms with Crippen molar-refractivity contribution < 1.29 is 0 Å². The summed E-state index contributed by atoms with van der Waals surface area (Å²) in [5.74, 6) is 1.33. The van der Waals surface area contributed by atoms with Gasteiger partial charge in [-0.3, -0.25) is 4.98 Å². The zero-order valence-electron chi connectivity index (χ0n) is 9.86. The van der Waals surface area contributed by atoms with Crippen LogP contribution in [0.4, 0.5) is 0 Å². The van der Waals surface area contributed by atoms with Gasteiger partial charge in [-0.25, -0.2) is 0 Å². The fraction of sp³-hybridized carbons (Fsp3) is 0.615. The Kier molecular flexibility index (Phi) is 4.67. The maximum Gasteiger partial charge on any atom is 0.0419 e. The van der Waals surface area contributed by atoms with Crippen molar-refractivity contribution in [2.75, 3.05) is 12.3 Å². The van der Waals surface area contributed by atoms with E-state index in [0.29, 0.717) is 6.04 Å². The van der Waals surface area contributed by atoms with Crippen LogP contribution in [-0.2, 0) is 6.42 Å². The van der Waals surface area contributed by atoms with Gasteiger partial charge in [0.05, 0.1) is 0 Å². The summed E-state index contributed by atoms with van der Waals surface area (Å²) in [4.78, 5) is 4.42. The summed E-state index contributed by atoms with van der Waals surface area (Å²) >= 11 is 2.12. The van der Waals surface area contributed by atoms with Gasteiger partial charge in [0, 0.05) is 29.6 Å².